The highest BCUT2D eigenvalue weighted by atomic mass is 16.4. The van der Waals surface area contributed by atoms with Crippen LogP contribution in [0.3, 0.4) is 0 Å². The molecule has 0 spiro atoms. The number of nitrogens with two attached hydrogens (primary N) is 1. The molecule has 0 aliphatic heterocycles. The van der Waals surface area contributed by atoms with Crippen molar-refractivity contribution in [1.82, 2.24) is 4.98 Å². The summed E-state index contributed by atoms with van der Waals surface area (Å²) in [5.41, 5.74) is 6.41. The Hall–Kier alpha value is -0.830. The molecule has 12 heavy (non-hydrogen) atoms. The van der Waals surface area contributed by atoms with Crippen LogP contribution in [0.1, 0.15) is 30.7 Å². The quantitative estimate of drug-likeness (QED) is 0.740. The highest BCUT2D eigenvalue weighted by molar-refractivity contribution is 5.08. The van der Waals surface area contributed by atoms with Crippen LogP contribution in [0.2, 0.25) is 0 Å². The molecule has 0 bridgehead atoms. The van der Waals surface area contributed by atoms with Crippen molar-refractivity contribution in [3.8, 4) is 0 Å². The lowest BCUT2D eigenvalue weighted by atomic mass is 10.3. The van der Waals surface area contributed by atoms with Crippen molar-refractivity contribution in [1.29, 1.82) is 0 Å². The molecule has 1 rings (SSSR count). The first-order valence-corrected chi connectivity index (χ1v) is 4.43. The number of oxazole rings is 1. The van der Waals surface area contributed by atoms with Crippen LogP contribution >= 0.6 is 0 Å². The van der Waals surface area contributed by atoms with E-state index in [4.69, 9.17) is 10.2 Å². The molecule has 0 saturated heterocycles. The fourth-order valence-corrected chi connectivity index (χ4v) is 1.17. The summed E-state index contributed by atoms with van der Waals surface area (Å²) in [6.45, 7) is 4.71. The van der Waals surface area contributed by atoms with E-state index in [9.17, 15) is 0 Å². The molecule has 0 unspecified atom stereocenters. The Morgan fingerprint density at radius 1 is 1.42 bits per heavy atom. The monoisotopic (exact) mass is 168 g/mol. The summed E-state index contributed by atoms with van der Waals surface area (Å²) in [6, 6.07) is 0. The molecule has 68 valence electrons. The third-order valence-corrected chi connectivity index (χ3v) is 1.77. The summed E-state index contributed by atoms with van der Waals surface area (Å²) in [6.07, 6.45) is 2.79. The summed E-state index contributed by atoms with van der Waals surface area (Å²) in [7, 11) is 0. The molecule has 0 aromatic carbocycles. The smallest absolute Gasteiger partial charge is 0.194 e. The molecular weight excluding hydrogens is 152 g/mol. The van der Waals surface area contributed by atoms with Crippen LogP contribution in [0.4, 0.5) is 0 Å². The van der Waals surface area contributed by atoms with Crippen LogP contribution in [0.5, 0.6) is 0 Å². The van der Waals surface area contributed by atoms with E-state index in [-0.39, 0.29) is 0 Å². The van der Waals surface area contributed by atoms with Gasteiger partial charge in [-0.25, -0.2) is 4.98 Å². The van der Waals surface area contributed by atoms with Gasteiger partial charge in [-0.15, -0.1) is 0 Å². The van der Waals surface area contributed by atoms with Gasteiger partial charge in [0.25, 0.3) is 0 Å². The highest BCUT2D eigenvalue weighted by Crippen LogP contribution is 2.11. The number of rotatable bonds is 4. The van der Waals surface area contributed by atoms with Gasteiger partial charge >= 0.3 is 0 Å². The van der Waals surface area contributed by atoms with Gasteiger partial charge in [-0.2, -0.15) is 0 Å². The van der Waals surface area contributed by atoms with Crippen LogP contribution in [0.25, 0.3) is 0 Å². The first kappa shape index (κ1) is 9.26. The van der Waals surface area contributed by atoms with E-state index in [0.29, 0.717) is 6.54 Å². The zero-order chi connectivity index (χ0) is 8.97. The standard InChI is InChI=1S/C9H16N2O/c1-3-4-9-11-7(2)8(12-9)5-6-10/h3-6,10H2,1-2H3. The molecule has 1 aromatic heterocycles. The van der Waals surface area contributed by atoms with Gasteiger partial charge in [-0.3, -0.25) is 0 Å². The average molecular weight is 168 g/mol. The predicted molar refractivity (Wildman–Crippen MR) is 48.0 cm³/mol. The van der Waals surface area contributed by atoms with E-state index < -0.39 is 0 Å². The maximum atomic E-state index is 5.50. The van der Waals surface area contributed by atoms with Crippen molar-refractivity contribution in [3.05, 3.63) is 17.3 Å². The third-order valence-electron chi connectivity index (χ3n) is 1.77. The third kappa shape index (κ3) is 2.08. The van der Waals surface area contributed by atoms with Crippen molar-refractivity contribution in [3.63, 3.8) is 0 Å². The van der Waals surface area contributed by atoms with Gasteiger partial charge in [0.15, 0.2) is 5.89 Å². The molecule has 3 heteroatoms. The molecule has 0 aliphatic rings. The molecule has 0 fully saturated rings. The van der Waals surface area contributed by atoms with Gasteiger partial charge in [0, 0.05) is 12.8 Å². The largest absolute Gasteiger partial charge is 0.445 e. The Balaban J connectivity index is 2.70. The van der Waals surface area contributed by atoms with Gasteiger partial charge in [-0.1, -0.05) is 6.92 Å². The van der Waals surface area contributed by atoms with Crippen LogP contribution < -0.4 is 5.73 Å². The molecule has 1 heterocycles. The van der Waals surface area contributed by atoms with E-state index >= 15 is 0 Å². The van der Waals surface area contributed by atoms with Crippen molar-refractivity contribution < 1.29 is 4.42 Å². The lowest BCUT2D eigenvalue weighted by Gasteiger charge is -1.91. The number of aryl methyl sites for hydroxylation is 2. The molecule has 0 radical (unpaired) electrons. The van der Waals surface area contributed by atoms with E-state index in [2.05, 4.69) is 11.9 Å². The van der Waals surface area contributed by atoms with Gasteiger partial charge < -0.3 is 10.2 Å². The molecule has 0 aliphatic carbocycles. The summed E-state index contributed by atoms with van der Waals surface area (Å²) in [4.78, 5) is 4.30. The molecular formula is C9H16N2O. The first-order valence-electron chi connectivity index (χ1n) is 4.43. The minimum absolute atomic E-state index is 0.627. The summed E-state index contributed by atoms with van der Waals surface area (Å²) >= 11 is 0. The topological polar surface area (TPSA) is 52.0 Å². The second-order valence-electron chi connectivity index (χ2n) is 2.90. The maximum Gasteiger partial charge on any atom is 0.194 e. The van der Waals surface area contributed by atoms with Gasteiger partial charge in [0.05, 0.1) is 5.69 Å². The molecule has 1 aromatic rings. The second kappa shape index (κ2) is 4.26. The fraction of sp³-hybridized carbons (Fsp3) is 0.667. The Morgan fingerprint density at radius 2 is 2.17 bits per heavy atom. The maximum absolute atomic E-state index is 5.50. The lowest BCUT2D eigenvalue weighted by Crippen LogP contribution is -2.02. The van der Waals surface area contributed by atoms with Crippen LogP contribution in [-0.2, 0) is 12.8 Å². The van der Waals surface area contributed by atoms with Crippen LogP contribution in [0.15, 0.2) is 4.42 Å². The molecule has 3 nitrogen and oxygen atoms in total. The van der Waals surface area contributed by atoms with Gasteiger partial charge in [-0.05, 0) is 19.9 Å². The molecule has 2 N–H and O–H groups in total. The van der Waals surface area contributed by atoms with E-state index in [1.165, 1.54) is 0 Å². The minimum atomic E-state index is 0.627. The SMILES string of the molecule is CCCc1nc(C)c(CCN)o1. The number of hydrogen-bond acceptors (Lipinski definition) is 3. The van der Waals surface area contributed by atoms with Crippen molar-refractivity contribution in [2.45, 2.75) is 33.1 Å². The van der Waals surface area contributed by atoms with E-state index in [1.54, 1.807) is 0 Å². The number of aromatic nitrogens is 1. The minimum Gasteiger partial charge on any atom is -0.445 e. The molecule has 0 saturated carbocycles. The van der Waals surface area contributed by atoms with Crippen molar-refractivity contribution in [2.24, 2.45) is 5.73 Å². The fourth-order valence-electron chi connectivity index (χ4n) is 1.17. The lowest BCUT2D eigenvalue weighted by molar-refractivity contribution is 0.452. The van der Waals surface area contributed by atoms with Gasteiger partial charge in [0.2, 0.25) is 0 Å². The molecule has 0 amide bonds. The normalized spacial score (nSPS) is 10.6. The summed E-state index contributed by atoms with van der Waals surface area (Å²) in [5, 5.41) is 0. The van der Waals surface area contributed by atoms with E-state index in [0.717, 1.165) is 36.6 Å². The van der Waals surface area contributed by atoms with Crippen LogP contribution in [-0.4, -0.2) is 11.5 Å². The summed E-state index contributed by atoms with van der Waals surface area (Å²) in [5.74, 6) is 1.79. The average Bonchev–Trinajstić information content (AvgIpc) is 2.34. The first-order chi connectivity index (χ1) is 5.77. The zero-order valence-corrected chi connectivity index (χ0v) is 7.76. The Bertz CT molecular complexity index is 243. The second-order valence-corrected chi connectivity index (χ2v) is 2.90. The van der Waals surface area contributed by atoms with E-state index in [1.807, 2.05) is 6.92 Å². The molecule has 0 atom stereocenters. The Kier molecular flexibility index (Phi) is 3.29. The Labute approximate surface area is 73.0 Å². The zero-order valence-electron chi connectivity index (χ0n) is 7.76. The van der Waals surface area contributed by atoms with Gasteiger partial charge in [0.1, 0.15) is 5.76 Å². The van der Waals surface area contributed by atoms with Crippen LogP contribution in [0, 0.1) is 6.92 Å². The number of nitrogens with zero attached hydrogens (tertiary/aromatic N) is 1. The van der Waals surface area contributed by atoms with Crippen molar-refractivity contribution in [2.75, 3.05) is 6.54 Å². The summed E-state index contributed by atoms with van der Waals surface area (Å²) < 4.78 is 5.50. The predicted octanol–water partition coefficient (Wildman–Crippen LogP) is 1.44. The Morgan fingerprint density at radius 3 is 2.75 bits per heavy atom. The van der Waals surface area contributed by atoms with Crippen molar-refractivity contribution >= 4 is 0 Å². The highest BCUT2D eigenvalue weighted by Gasteiger charge is 2.06. The number of hydrogen-bond donors (Lipinski definition) is 1.